The molecule has 78 valence electrons. The third-order valence-corrected chi connectivity index (χ3v) is 2.60. The van der Waals surface area contributed by atoms with Gasteiger partial charge < -0.3 is 0 Å². The molecule has 2 aromatic rings. The van der Waals surface area contributed by atoms with Crippen molar-refractivity contribution in [1.82, 2.24) is 4.98 Å². The molecule has 0 fully saturated rings. The van der Waals surface area contributed by atoms with Crippen molar-refractivity contribution in [1.29, 1.82) is 5.26 Å². The van der Waals surface area contributed by atoms with Crippen molar-refractivity contribution in [3.8, 4) is 17.3 Å². The van der Waals surface area contributed by atoms with Gasteiger partial charge in [-0.3, -0.25) is 4.98 Å². The summed E-state index contributed by atoms with van der Waals surface area (Å²) in [5.74, 6) is -0.390. The highest BCUT2D eigenvalue weighted by Crippen LogP contribution is 2.26. The Labute approximate surface area is 100 Å². The van der Waals surface area contributed by atoms with Crippen molar-refractivity contribution in [2.75, 3.05) is 0 Å². The van der Waals surface area contributed by atoms with Gasteiger partial charge in [0.2, 0.25) is 0 Å². The summed E-state index contributed by atoms with van der Waals surface area (Å²) in [7, 11) is 0. The van der Waals surface area contributed by atoms with Crippen molar-refractivity contribution in [2.45, 2.75) is 0 Å². The molecule has 2 rings (SSSR count). The summed E-state index contributed by atoms with van der Waals surface area (Å²) in [4.78, 5) is 4.04. The lowest BCUT2D eigenvalue weighted by atomic mass is 10.1. The third-order valence-electron chi connectivity index (χ3n) is 2.11. The number of nitrogens with zero attached hydrogens (tertiary/aromatic N) is 2. The second-order valence-corrected chi connectivity index (χ2v) is 4.05. The van der Waals surface area contributed by atoms with Gasteiger partial charge in [0.05, 0.1) is 11.3 Å². The minimum Gasteiger partial charge on any atom is -0.255 e. The highest BCUT2D eigenvalue weighted by molar-refractivity contribution is 9.10. The van der Waals surface area contributed by atoms with E-state index in [2.05, 4.69) is 20.9 Å². The Balaban J connectivity index is 2.68. The molecule has 0 radical (unpaired) electrons. The van der Waals surface area contributed by atoms with Gasteiger partial charge in [-0.25, -0.2) is 4.39 Å². The summed E-state index contributed by atoms with van der Waals surface area (Å²) in [6, 6.07) is 9.82. The Kier molecular flexibility index (Phi) is 2.97. The first-order valence-corrected chi connectivity index (χ1v) is 5.32. The SMILES string of the molecule is N#Cc1cccnc1-c1cc(Br)ccc1F. The molecule has 1 aromatic carbocycles. The Morgan fingerprint density at radius 1 is 1.31 bits per heavy atom. The van der Waals surface area contributed by atoms with Gasteiger partial charge in [-0.05, 0) is 30.3 Å². The smallest absolute Gasteiger partial charge is 0.132 e. The van der Waals surface area contributed by atoms with Gasteiger partial charge in [-0.2, -0.15) is 5.26 Å². The fourth-order valence-corrected chi connectivity index (χ4v) is 1.75. The first-order valence-electron chi connectivity index (χ1n) is 4.53. The fourth-order valence-electron chi connectivity index (χ4n) is 1.39. The van der Waals surface area contributed by atoms with Crippen LogP contribution in [0.2, 0.25) is 0 Å². The Morgan fingerprint density at radius 2 is 2.12 bits per heavy atom. The molecule has 0 bridgehead atoms. The van der Waals surface area contributed by atoms with E-state index in [9.17, 15) is 4.39 Å². The molecular weight excluding hydrogens is 271 g/mol. The fraction of sp³-hybridized carbons (Fsp3) is 0. The number of aromatic nitrogens is 1. The van der Waals surface area contributed by atoms with Crippen molar-refractivity contribution >= 4 is 15.9 Å². The summed E-state index contributed by atoms with van der Waals surface area (Å²) in [6.07, 6.45) is 1.54. The molecule has 0 saturated carbocycles. The molecule has 1 heterocycles. The molecule has 2 nitrogen and oxygen atoms in total. The number of halogens is 2. The molecule has 0 saturated heterocycles. The van der Waals surface area contributed by atoms with Crippen molar-refractivity contribution in [3.63, 3.8) is 0 Å². The largest absolute Gasteiger partial charge is 0.255 e. The molecule has 1 aromatic heterocycles. The number of hydrogen-bond donors (Lipinski definition) is 0. The molecule has 0 aliphatic rings. The van der Waals surface area contributed by atoms with E-state index in [0.717, 1.165) is 4.47 Å². The van der Waals surface area contributed by atoms with E-state index in [1.165, 1.54) is 12.3 Å². The second-order valence-electron chi connectivity index (χ2n) is 3.14. The number of benzene rings is 1. The zero-order valence-corrected chi connectivity index (χ0v) is 9.70. The van der Waals surface area contributed by atoms with Crippen LogP contribution in [0.4, 0.5) is 4.39 Å². The number of nitriles is 1. The number of hydrogen-bond acceptors (Lipinski definition) is 2. The number of pyridine rings is 1. The Morgan fingerprint density at radius 3 is 2.88 bits per heavy atom. The lowest BCUT2D eigenvalue weighted by Gasteiger charge is -2.04. The van der Waals surface area contributed by atoms with E-state index in [0.29, 0.717) is 16.8 Å². The van der Waals surface area contributed by atoms with Crippen LogP contribution < -0.4 is 0 Å². The predicted molar refractivity (Wildman–Crippen MR) is 62.0 cm³/mol. The molecule has 0 aliphatic carbocycles. The summed E-state index contributed by atoms with van der Waals surface area (Å²) in [5.41, 5.74) is 1.05. The average molecular weight is 277 g/mol. The van der Waals surface area contributed by atoms with Crippen LogP contribution in [0.5, 0.6) is 0 Å². The summed E-state index contributed by atoms with van der Waals surface area (Å²) in [6.45, 7) is 0. The molecule has 0 atom stereocenters. The third kappa shape index (κ3) is 1.95. The van der Waals surface area contributed by atoms with E-state index < -0.39 is 5.82 Å². The standard InChI is InChI=1S/C12H6BrFN2/c13-9-3-4-11(14)10(6-9)12-8(7-15)2-1-5-16-12/h1-6H. The Bertz CT molecular complexity index is 575. The maximum absolute atomic E-state index is 13.6. The zero-order chi connectivity index (χ0) is 11.5. The summed E-state index contributed by atoms with van der Waals surface area (Å²) in [5, 5.41) is 8.92. The number of rotatable bonds is 1. The first kappa shape index (κ1) is 10.8. The lowest BCUT2D eigenvalue weighted by molar-refractivity contribution is 0.630. The van der Waals surface area contributed by atoms with Gasteiger partial charge in [0.25, 0.3) is 0 Å². The van der Waals surface area contributed by atoms with Crippen LogP contribution in [0.25, 0.3) is 11.3 Å². The van der Waals surface area contributed by atoms with Crippen molar-refractivity contribution in [2.24, 2.45) is 0 Å². The highest BCUT2D eigenvalue weighted by Gasteiger charge is 2.10. The predicted octanol–water partition coefficient (Wildman–Crippen LogP) is 3.52. The molecule has 4 heteroatoms. The highest BCUT2D eigenvalue weighted by atomic mass is 79.9. The lowest BCUT2D eigenvalue weighted by Crippen LogP contribution is -1.91. The minimum absolute atomic E-state index is 0.325. The maximum Gasteiger partial charge on any atom is 0.132 e. The van der Waals surface area contributed by atoms with Gasteiger partial charge in [-0.15, -0.1) is 0 Å². The van der Waals surface area contributed by atoms with Crippen LogP contribution in [0.3, 0.4) is 0 Å². The van der Waals surface area contributed by atoms with Crippen LogP contribution >= 0.6 is 15.9 Å². The van der Waals surface area contributed by atoms with Crippen molar-refractivity contribution < 1.29 is 4.39 Å². The minimum atomic E-state index is -0.390. The summed E-state index contributed by atoms with van der Waals surface area (Å²) >= 11 is 3.26. The van der Waals surface area contributed by atoms with E-state index in [1.807, 2.05) is 6.07 Å². The van der Waals surface area contributed by atoms with Crippen LogP contribution in [0, 0.1) is 17.1 Å². The van der Waals surface area contributed by atoms with Gasteiger partial charge in [0.15, 0.2) is 0 Å². The normalized spacial score (nSPS) is 9.81. The molecule has 0 unspecified atom stereocenters. The molecule has 0 aliphatic heterocycles. The maximum atomic E-state index is 13.6. The van der Waals surface area contributed by atoms with Crippen LogP contribution in [0.1, 0.15) is 5.56 Å². The van der Waals surface area contributed by atoms with Crippen molar-refractivity contribution in [3.05, 3.63) is 52.4 Å². The molecule has 0 spiro atoms. The van der Waals surface area contributed by atoms with Crippen LogP contribution in [-0.4, -0.2) is 4.98 Å². The monoisotopic (exact) mass is 276 g/mol. The second kappa shape index (κ2) is 4.42. The zero-order valence-electron chi connectivity index (χ0n) is 8.11. The molecule has 0 N–H and O–H groups in total. The summed E-state index contributed by atoms with van der Waals surface area (Å²) < 4.78 is 14.3. The van der Waals surface area contributed by atoms with Gasteiger partial charge in [0.1, 0.15) is 11.9 Å². The van der Waals surface area contributed by atoms with E-state index in [4.69, 9.17) is 5.26 Å². The van der Waals surface area contributed by atoms with Gasteiger partial charge in [-0.1, -0.05) is 15.9 Å². The topological polar surface area (TPSA) is 36.7 Å². The van der Waals surface area contributed by atoms with Crippen LogP contribution in [0.15, 0.2) is 41.0 Å². The van der Waals surface area contributed by atoms with E-state index in [1.54, 1.807) is 24.3 Å². The van der Waals surface area contributed by atoms with Gasteiger partial charge >= 0.3 is 0 Å². The Hall–Kier alpha value is -1.73. The first-order chi connectivity index (χ1) is 7.72. The quantitative estimate of drug-likeness (QED) is 0.799. The molecular formula is C12H6BrFN2. The van der Waals surface area contributed by atoms with E-state index >= 15 is 0 Å². The van der Waals surface area contributed by atoms with Crippen LogP contribution in [-0.2, 0) is 0 Å². The average Bonchev–Trinajstić information content (AvgIpc) is 2.32. The molecule has 16 heavy (non-hydrogen) atoms. The van der Waals surface area contributed by atoms with Gasteiger partial charge in [0, 0.05) is 16.2 Å². The molecule has 0 amide bonds. The van der Waals surface area contributed by atoms with E-state index in [-0.39, 0.29) is 0 Å².